The van der Waals surface area contributed by atoms with Crippen molar-refractivity contribution in [3.63, 3.8) is 0 Å². The molecule has 3 heteroatoms. The van der Waals surface area contributed by atoms with Gasteiger partial charge in [0.2, 0.25) is 0 Å². The first-order valence-corrected chi connectivity index (χ1v) is 6.25. The highest BCUT2D eigenvalue weighted by molar-refractivity contribution is 7.09. The number of thiophene rings is 1. The molecule has 1 atom stereocenters. The molecular weight excluding hydrogens is 204 g/mol. The molecule has 1 aromatic rings. The molecule has 1 rings (SSSR count). The summed E-state index contributed by atoms with van der Waals surface area (Å²) >= 11 is 1.77. The molecule has 0 aliphatic rings. The van der Waals surface area contributed by atoms with Gasteiger partial charge in [-0.15, -0.1) is 11.3 Å². The maximum atomic E-state index is 8.92. The Bertz CT molecular complexity index is 298. The molecular formula is C12H18N2S. The predicted molar refractivity (Wildman–Crippen MR) is 64.9 cm³/mol. The van der Waals surface area contributed by atoms with E-state index in [0.29, 0.717) is 5.92 Å². The molecule has 1 N–H and O–H groups in total. The van der Waals surface area contributed by atoms with Crippen molar-refractivity contribution >= 4 is 11.3 Å². The molecule has 0 aromatic carbocycles. The summed E-state index contributed by atoms with van der Waals surface area (Å²) in [4.78, 5) is 1.38. The number of nitrogens with zero attached hydrogens (tertiary/aromatic N) is 1. The van der Waals surface area contributed by atoms with E-state index in [1.807, 2.05) is 0 Å². The largest absolute Gasteiger partial charge is 0.302 e. The van der Waals surface area contributed by atoms with Crippen molar-refractivity contribution in [1.82, 2.24) is 5.32 Å². The lowest BCUT2D eigenvalue weighted by atomic mass is 10.0. The molecule has 0 amide bonds. The van der Waals surface area contributed by atoms with Gasteiger partial charge in [0.05, 0.1) is 12.1 Å². The van der Waals surface area contributed by atoms with Gasteiger partial charge in [-0.05, 0) is 30.2 Å². The minimum atomic E-state index is 0.00459. The van der Waals surface area contributed by atoms with Crippen LogP contribution < -0.4 is 5.32 Å². The summed E-state index contributed by atoms with van der Waals surface area (Å²) in [6.07, 6.45) is 1.95. The van der Waals surface area contributed by atoms with E-state index in [1.54, 1.807) is 11.3 Å². The van der Waals surface area contributed by atoms with Crippen molar-refractivity contribution in [2.24, 2.45) is 5.92 Å². The first kappa shape index (κ1) is 12.2. The summed E-state index contributed by atoms with van der Waals surface area (Å²) in [5, 5.41) is 14.3. The topological polar surface area (TPSA) is 35.8 Å². The summed E-state index contributed by atoms with van der Waals surface area (Å²) < 4.78 is 0. The molecule has 1 heterocycles. The Kier molecular flexibility index (Phi) is 5.38. The minimum Gasteiger partial charge on any atom is -0.302 e. The summed E-state index contributed by atoms with van der Waals surface area (Å²) in [5.74, 6) is 0.573. The van der Waals surface area contributed by atoms with Crippen molar-refractivity contribution < 1.29 is 0 Å². The van der Waals surface area contributed by atoms with Gasteiger partial charge >= 0.3 is 0 Å². The Balaban J connectivity index is 2.21. The Morgan fingerprint density at radius 2 is 2.33 bits per heavy atom. The highest BCUT2D eigenvalue weighted by Gasteiger charge is 2.08. The van der Waals surface area contributed by atoms with Gasteiger partial charge in [-0.1, -0.05) is 19.9 Å². The predicted octanol–water partition coefficient (Wildman–Crippen LogP) is 2.82. The maximum Gasteiger partial charge on any atom is 0.0955 e. The van der Waals surface area contributed by atoms with E-state index < -0.39 is 0 Å². The highest BCUT2D eigenvalue weighted by atomic mass is 32.1. The minimum absolute atomic E-state index is 0.00459. The number of hydrogen-bond acceptors (Lipinski definition) is 3. The fourth-order valence-corrected chi connectivity index (χ4v) is 2.19. The van der Waals surface area contributed by atoms with Crippen LogP contribution in [-0.2, 0) is 6.42 Å². The number of nitrogens with one attached hydrogen (secondary N) is 1. The third kappa shape index (κ3) is 4.96. The van der Waals surface area contributed by atoms with E-state index in [2.05, 4.69) is 42.7 Å². The number of nitriles is 1. The van der Waals surface area contributed by atoms with E-state index >= 15 is 0 Å². The zero-order chi connectivity index (χ0) is 11.1. The second kappa shape index (κ2) is 6.60. The summed E-state index contributed by atoms with van der Waals surface area (Å²) in [7, 11) is 0. The van der Waals surface area contributed by atoms with Gasteiger partial charge in [-0.2, -0.15) is 5.26 Å². The van der Waals surface area contributed by atoms with Gasteiger partial charge in [0, 0.05) is 11.4 Å². The van der Waals surface area contributed by atoms with E-state index in [0.717, 1.165) is 19.4 Å². The number of rotatable bonds is 6. The monoisotopic (exact) mass is 222 g/mol. The van der Waals surface area contributed by atoms with Crippen molar-refractivity contribution in [1.29, 1.82) is 5.26 Å². The van der Waals surface area contributed by atoms with Crippen LogP contribution in [0, 0.1) is 17.2 Å². The molecule has 1 unspecified atom stereocenters. The van der Waals surface area contributed by atoms with Crippen molar-refractivity contribution in [2.75, 3.05) is 6.54 Å². The summed E-state index contributed by atoms with van der Waals surface area (Å²) in [6, 6.07) is 6.51. The average molecular weight is 222 g/mol. The van der Waals surface area contributed by atoms with Gasteiger partial charge in [0.25, 0.3) is 0 Å². The fraction of sp³-hybridized carbons (Fsp3) is 0.583. The molecule has 0 spiro atoms. The molecule has 0 saturated heterocycles. The van der Waals surface area contributed by atoms with Gasteiger partial charge < -0.3 is 5.32 Å². The van der Waals surface area contributed by atoms with Crippen LogP contribution in [0.1, 0.15) is 25.1 Å². The number of hydrogen-bond donors (Lipinski definition) is 1. The molecule has 0 radical (unpaired) electrons. The lowest BCUT2D eigenvalue weighted by Gasteiger charge is -2.12. The van der Waals surface area contributed by atoms with Gasteiger partial charge in [-0.25, -0.2) is 0 Å². The molecule has 0 fully saturated rings. The molecule has 1 aromatic heterocycles. The van der Waals surface area contributed by atoms with Crippen LogP contribution in [0.15, 0.2) is 17.5 Å². The highest BCUT2D eigenvalue weighted by Crippen LogP contribution is 2.09. The SMILES string of the molecule is CC(C)CC(C#N)NCCc1cccs1. The summed E-state index contributed by atoms with van der Waals surface area (Å²) in [5.41, 5.74) is 0. The first-order valence-electron chi connectivity index (χ1n) is 5.37. The quantitative estimate of drug-likeness (QED) is 0.803. The van der Waals surface area contributed by atoms with E-state index in [-0.39, 0.29) is 6.04 Å². The molecule has 0 aliphatic carbocycles. The zero-order valence-electron chi connectivity index (χ0n) is 9.36. The van der Waals surface area contributed by atoms with E-state index in [9.17, 15) is 0 Å². The zero-order valence-corrected chi connectivity index (χ0v) is 10.2. The summed E-state index contributed by atoms with van der Waals surface area (Å²) in [6.45, 7) is 5.18. The van der Waals surface area contributed by atoms with Crippen LogP contribution in [0.25, 0.3) is 0 Å². The Labute approximate surface area is 95.9 Å². The Hall–Kier alpha value is -0.850. The van der Waals surface area contributed by atoms with Crippen molar-refractivity contribution in [2.45, 2.75) is 32.7 Å². The smallest absolute Gasteiger partial charge is 0.0955 e. The van der Waals surface area contributed by atoms with Crippen molar-refractivity contribution in [3.05, 3.63) is 22.4 Å². The van der Waals surface area contributed by atoms with Crippen molar-refractivity contribution in [3.8, 4) is 6.07 Å². The molecule has 2 nitrogen and oxygen atoms in total. The van der Waals surface area contributed by atoms with Crippen LogP contribution in [0.4, 0.5) is 0 Å². The maximum absolute atomic E-state index is 8.92. The Morgan fingerprint density at radius 1 is 1.53 bits per heavy atom. The van der Waals surface area contributed by atoms with Crippen LogP contribution in [0.3, 0.4) is 0 Å². The molecule has 82 valence electrons. The van der Waals surface area contributed by atoms with Gasteiger partial charge in [0.1, 0.15) is 0 Å². The lowest BCUT2D eigenvalue weighted by Crippen LogP contribution is -2.30. The van der Waals surface area contributed by atoms with Gasteiger partial charge in [0.15, 0.2) is 0 Å². The molecule has 0 aliphatic heterocycles. The second-order valence-corrected chi connectivity index (χ2v) is 5.13. The normalized spacial score (nSPS) is 12.7. The van der Waals surface area contributed by atoms with Crippen LogP contribution in [0.2, 0.25) is 0 Å². The lowest BCUT2D eigenvalue weighted by molar-refractivity contribution is 0.482. The Morgan fingerprint density at radius 3 is 2.87 bits per heavy atom. The fourth-order valence-electron chi connectivity index (χ4n) is 1.48. The van der Waals surface area contributed by atoms with Crippen LogP contribution in [0.5, 0.6) is 0 Å². The third-order valence-electron chi connectivity index (χ3n) is 2.21. The molecule has 0 bridgehead atoms. The van der Waals surface area contributed by atoms with Gasteiger partial charge in [-0.3, -0.25) is 0 Å². The first-order chi connectivity index (χ1) is 7.22. The molecule has 0 saturated carbocycles. The standard InChI is InChI=1S/C12H18N2S/c1-10(2)8-11(9-13)14-6-5-12-4-3-7-15-12/h3-4,7,10-11,14H,5-6,8H2,1-2H3. The van der Waals surface area contributed by atoms with E-state index in [1.165, 1.54) is 4.88 Å². The van der Waals surface area contributed by atoms with Crippen LogP contribution in [-0.4, -0.2) is 12.6 Å². The van der Waals surface area contributed by atoms with Crippen LogP contribution >= 0.6 is 11.3 Å². The molecule has 15 heavy (non-hydrogen) atoms. The third-order valence-corrected chi connectivity index (χ3v) is 3.14. The van der Waals surface area contributed by atoms with E-state index in [4.69, 9.17) is 5.26 Å². The second-order valence-electron chi connectivity index (χ2n) is 4.09. The average Bonchev–Trinajstić information content (AvgIpc) is 2.68.